The fourth-order valence-electron chi connectivity index (χ4n) is 1.41. The van der Waals surface area contributed by atoms with Crippen LogP contribution in [0.1, 0.15) is 47.0 Å². The van der Waals surface area contributed by atoms with E-state index >= 15 is 0 Å². The van der Waals surface area contributed by atoms with Gasteiger partial charge in [-0.3, -0.25) is 0 Å². The van der Waals surface area contributed by atoms with Gasteiger partial charge in [0.05, 0.1) is 6.61 Å². The van der Waals surface area contributed by atoms with E-state index in [2.05, 4.69) is 39.9 Å². The summed E-state index contributed by atoms with van der Waals surface area (Å²) in [6, 6.07) is 0. The third kappa shape index (κ3) is 9.64. The molecule has 0 spiro atoms. The van der Waals surface area contributed by atoms with Crippen molar-refractivity contribution in [2.24, 2.45) is 0 Å². The Balaban J connectivity index is 3.72. The highest BCUT2D eigenvalue weighted by atomic mass is 28.4. The zero-order chi connectivity index (χ0) is 16.4. The van der Waals surface area contributed by atoms with Gasteiger partial charge in [0, 0.05) is 12.7 Å². The Morgan fingerprint density at radius 1 is 1.14 bits per heavy atom. The van der Waals surface area contributed by atoms with E-state index in [-0.39, 0.29) is 11.0 Å². The van der Waals surface area contributed by atoms with Gasteiger partial charge in [-0.05, 0) is 44.3 Å². The lowest BCUT2D eigenvalue weighted by atomic mass is 10.2. The number of hydrogen-bond acceptors (Lipinski definition) is 3. The lowest BCUT2D eigenvalue weighted by molar-refractivity contribution is -0.137. The van der Waals surface area contributed by atoms with Crippen molar-refractivity contribution in [3.63, 3.8) is 0 Å². The molecule has 0 heterocycles. The molecule has 0 bridgehead atoms. The van der Waals surface area contributed by atoms with Gasteiger partial charge >= 0.3 is 5.97 Å². The lowest BCUT2D eigenvalue weighted by Crippen LogP contribution is -2.40. The third-order valence-corrected chi connectivity index (χ3v) is 8.34. The minimum absolute atomic E-state index is 0.283. The van der Waals surface area contributed by atoms with Gasteiger partial charge in [0.2, 0.25) is 0 Å². The van der Waals surface area contributed by atoms with Gasteiger partial charge < -0.3 is 9.16 Å². The molecule has 0 aliphatic carbocycles. The van der Waals surface area contributed by atoms with E-state index < -0.39 is 8.32 Å². The average molecular weight is 313 g/mol. The molecule has 4 heteroatoms. The van der Waals surface area contributed by atoms with Crippen molar-refractivity contribution in [1.29, 1.82) is 0 Å². The van der Waals surface area contributed by atoms with Crippen LogP contribution in [0.3, 0.4) is 0 Å². The Hall–Kier alpha value is -0.873. The molecule has 0 saturated carbocycles. The molecule has 122 valence electrons. The summed E-state index contributed by atoms with van der Waals surface area (Å²) >= 11 is 0. The van der Waals surface area contributed by atoms with Crippen molar-refractivity contribution in [3.05, 3.63) is 24.3 Å². The molecule has 0 aromatic heterocycles. The van der Waals surface area contributed by atoms with Crippen molar-refractivity contribution < 1.29 is 14.0 Å². The van der Waals surface area contributed by atoms with Gasteiger partial charge in [0.1, 0.15) is 0 Å². The highest BCUT2D eigenvalue weighted by molar-refractivity contribution is 6.74. The molecular formula is C17H32O3Si. The molecule has 0 aromatic rings. The number of carbonyl (C=O) groups excluding carboxylic acids is 1. The second kappa shape index (κ2) is 9.95. The second-order valence-electron chi connectivity index (χ2n) is 6.64. The van der Waals surface area contributed by atoms with Gasteiger partial charge in [0.25, 0.3) is 0 Å². The fourth-order valence-corrected chi connectivity index (χ4v) is 2.50. The molecule has 0 radical (unpaired) electrons. The Kier molecular flexibility index (Phi) is 9.54. The first-order chi connectivity index (χ1) is 9.70. The highest BCUT2D eigenvalue weighted by Gasteiger charge is 2.36. The van der Waals surface area contributed by atoms with Gasteiger partial charge in [-0.25, -0.2) is 4.79 Å². The van der Waals surface area contributed by atoms with Crippen LogP contribution in [0.5, 0.6) is 0 Å². The average Bonchev–Trinajstić information content (AvgIpc) is 2.35. The van der Waals surface area contributed by atoms with E-state index in [9.17, 15) is 4.79 Å². The summed E-state index contributed by atoms with van der Waals surface area (Å²) in [6.07, 6.45) is 10.3. The van der Waals surface area contributed by atoms with Crippen LogP contribution in [0.4, 0.5) is 0 Å². The quantitative estimate of drug-likeness (QED) is 0.201. The maximum Gasteiger partial charge on any atom is 0.330 e. The van der Waals surface area contributed by atoms with Crippen molar-refractivity contribution >= 4 is 14.3 Å². The number of ether oxygens (including phenoxy) is 1. The van der Waals surface area contributed by atoms with Gasteiger partial charge in [0.15, 0.2) is 8.32 Å². The van der Waals surface area contributed by atoms with E-state index in [4.69, 9.17) is 9.16 Å². The number of rotatable bonds is 9. The molecule has 0 aromatic carbocycles. The third-order valence-electron chi connectivity index (χ3n) is 3.80. The molecule has 0 saturated heterocycles. The maximum atomic E-state index is 11.0. The van der Waals surface area contributed by atoms with E-state index in [1.807, 2.05) is 6.08 Å². The van der Waals surface area contributed by atoms with Crippen LogP contribution in [0, 0.1) is 0 Å². The number of hydrogen-bond donors (Lipinski definition) is 0. The minimum atomic E-state index is -1.59. The summed E-state index contributed by atoms with van der Waals surface area (Å²) in [5.41, 5.74) is 0. The first-order valence-electron chi connectivity index (χ1n) is 7.84. The number of unbranched alkanes of at least 4 members (excludes halogenated alkanes) is 2. The summed E-state index contributed by atoms with van der Waals surface area (Å²) in [5, 5.41) is 0.283. The van der Waals surface area contributed by atoms with Crippen molar-refractivity contribution in [2.45, 2.75) is 65.1 Å². The van der Waals surface area contributed by atoms with Crippen molar-refractivity contribution in [1.82, 2.24) is 0 Å². The Morgan fingerprint density at radius 3 is 2.38 bits per heavy atom. The summed E-state index contributed by atoms with van der Waals surface area (Å²) in [7, 11) is -1.59. The molecule has 0 fully saturated rings. The van der Waals surface area contributed by atoms with Crippen LogP contribution in [0.2, 0.25) is 18.1 Å². The number of carbonyl (C=O) groups is 1. The van der Waals surface area contributed by atoms with Crippen molar-refractivity contribution in [3.8, 4) is 0 Å². The molecule has 0 N–H and O–H groups in total. The molecule has 0 rings (SSSR count). The molecule has 21 heavy (non-hydrogen) atoms. The Labute approximate surface area is 131 Å². The number of allylic oxidation sites excluding steroid dienone is 3. The number of esters is 1. The normalized spacial score (nSPS) is 13.2. The molecule has 0 aliphatic heterocycles. The summed E-state index contributed by atoms with van der Waals surface area (Å²) < 4.78 is 10.9. The summed E-state index contributed by atoms with van der Waals surface area (Å²) in [4.78, 5) is 11.0. The highest BCUT2D eigenvalue weighted by Crippen LogP contribution is 2.36. The van der Waals surface area contributed by atoms with E-state index in [0.717, 1.165) is 25.9 Å². The first-order valence-corrected chi connectivity index (χ1v) is 10.8. The lowest BCUT2D eigenvalue weighted by Gasteiger charge is -2.36. The largest absolute Gasteiger partial charge is 0.463 e. The molecule has 0 aliphatic rings. The fraction of sp³-hybridized carbons (Fsp3) is 0.706. The van der Waals surface area contributed by atoms with Crippen LogP contribution in [-0.2, 0) is 14.0 Å². The van der Waals surface area contributed by atoms with Gasteiger partial charge in [-0.1, -0.05) is 39.0 Å². The van der Waals surface area contributed by atoms with E-state index in [0.29, 0.717) is 6.61 Å². The summed E-state index contributed by atoms with van der Waals surface area (Å²) in [6.45, 7) is 14.4. The van der Waals surface area contributed by atoms with Gasteiger partial charge in [-0.2, -0.15) is 0 Å². The summed E-state index contributed by atoms with van der Waals surface area (Å²) in [5.74, 6) is -0.287. The van der Waals surface area contributed by atoms with Crippen LogP contribution < -0.4 is 0 Å². The minimum Gasteiger partial charge on any atom is -0.463 e. The van der Waals surface area contributed by atoms with E-state index in [1.54, 1.807) is 13.0 Å². The maximum absolute atomic E-state index is 11.0. The monoisotopic (exact) mass is 312 g/mol. The van der Waals surface area contributed by atoms with Crippen molar-refractivity contribution in [2.75, 3.05) is 13.2 Å². The van der Waals surface area contributed by atoms with Crippen LogP contribution in [-0.4, -0.2) is 27.5 Å². The predicted octanol–water partition coefficient (Wildman–Crippen LogP) is 4.85. The van der Waals surface area contributed by atoms with Gasteiger partial charge in [-0.15, -0.1) is 0 Å². The first kappa shape index (κ1) is 20.1. The molecule has 3 nitrogen and oxygen atoms in total. The standard InChI is InChI=1S/C17H32O3Si/c1-7-19-16(18)14-12-10-8-9-11-13-15-20-21(5,6)17(2,3)4/h8,10,12,14H,7,9,11,13,15H2,1-6H3/b10-8+,14-12+. The SMILES string of the molecule is CCOC(=O)/C=C/C=C/CCCCO[Si](C)(C)C(C)(C)C. The molecule has 0 amide bonds. The topological polar surface area (TPSA) is 35.5 Å². The molecule has 0 unspecified atom stereocenters. The second-order valence-corrected chi connectivity index (χ2v) is 11.5. The predicted molar refractivity (Wildman–Crippen MR) is 91.9 cm³/mol. The van der Waals surface area contributed by atoms with Crippen LogP contribution in [0.15, 0.2) is 24.3 Å². The molecular weight excluding hydrogens is 280 g/mol. The zero-order valence-electron chi connectivity index (χ0n) is 14.6. The van der Waals surface area contributed by atoms with Crippen LogP contribution in [0.25, 0.3) is 0 Å². The van der Waals surface area contributed by atoms with E-state index in [1.165, 1.54) is 6.08 Å². The Morgan fingerprint density at radius 2 is 1.81 bits per heavy atom. The zero-order valence-corrected chi connectivity index (χ0v) is 15.6. The smallest absolute Gasteiger partial charge is 0.330 e. The Bertz CT molecular complexity index is 352. The molecule has 0 atom stereocenters. The van der Waals surface area contributed by atoms with Crippen LogP contribution >= 0.6 is 0 Å².